The molecule has 0 fully saturated rings. The molecule has 0 aliphatic heterocycles. The van der Waals surface area contributed by atoms with Gasteiger partial charge in [-0.3, -0.25) is 4.79 Å². The number of hydrogen-bond donors (Lipinski definition) is 2. The second kappa shape index (κ2) is 15.2. The molecule has 1 amide bonds. The Kier molecular flexibility index (Phi) is 11.2. The van der Waals surface area contributed by atoms with E-state index < -0.39 is 30.1 Å². The van der Waals surface area contributed by atoms with Crippen LogP contribution in [0.3, 0.4) is 0 Å². The van der Waals surface area contributed by atoms with E-state index in [0.29, 0.717) is 0 Å². The summed E-state index contributed by atoms with van der Waals surface area (Å²) in [5.41, 5.74) is -1.38. The van der Waals surface area contributed by atoms with Gasteiger partial charge in [-0.15, -0.1) is 0 Å². The van der Waals surface area contributed by atoms with Gasteiger partial charge in [0.25, 0.3) is 0 Å². The molecule has 4 aromatic rings. The average Bonchev–Trinajstić information content (AvgIpc) is 3.03. The second-order valence-electron chi connectivity index (χ2n) is 9.49. The number of alkyl carbamates (subject to hydrolysis) is 1. The number of rotatable bonds is 13. The monoisotopic (exact) mass is 613 g/mol. The normalized spacial score (nSPS) is 12.0. The van der Waals surface area contributed by atoms with Gasteiger partial charge in [-0.05, 0) is 61.0 Å². The van der Waals surface area contributed by atoms with E-state index in [1.807, 2.05) is 72.8 Å². The van der Waals surface area contributed by atoms with Crippen LogP contribution in [0, 0.1) is 0 Å². The lowest BCUT2D eigenvalue weighted by molar-refractivity contribution is -0.138. The van der Waals surface area contributed by atoms with E-state index >= 15 is 0 Å². The molecule has 220 valence electrons. The number of aliphatic hydroxyl groups is 1. The predicted octanol–water partition coefficient (Wildman–Crippen LogP) is 6.91. The number of carbonyl (C=O) groups is 3. The summed E-state index contributed by atoms with van der Waals surface area (Å²) in [6.07, 6.45) is -0.872. The van der Waals surface area contributed by atoms with E-state index in [4.69, 9.17) is 9.47 Å². The minimum atomic E-state index is -2.16. The Morgan fingerprint density at radius 1 is 0.744 bits per heavy atom. The Morgan fingerprint density at radius 3 is 1.74 bits per heavy atom. The average molecular weight is 614 g/mol. The zero-order chi connectivity index (χ0) is 30.7. The van der Waals surface area contributed by atoms with Crippen molar-refractivity contribution in [3.8, 4) is 0 Å². The predicted molar refractivity (Wildman–Crippen MR) is 167 cm³/mol. The highest BCUT2D eigenvalue weighted by molar-refractivity contribution is 7.99. The van der Waals surface area contributed by atoms with Gasteiger partial charge in [0.05, 0.1) is 6.54 Å². The molecule has 4 aromatic carbocycles. The van der Waals surface area contributed by atoms with Gasteiger partial charge in [-0.25, -0.2) is 9.59 Å². The smallest absolute Gasteiger partial charge is 0.407 e. The van der Waals surface area contributed by atoms with Crippen LogP contribution in [0.4, 0.5) is 4.79 Å². The first-order chi connectivity index (χ1) is 20.7. The Bertz CT molecular complexity index is 1540. The summed E-state index contributed by atoms with van der Waals surface area (Å²) in [5.74, 6) is -1.19. The fraction of sp³-hybridized carbons (Fsp3) is 0.147. The van der Waals surface area contributed by atoms with Crippen molar-refractivity contribution >= 4 is 41.4 Å². The Balaban J connectivity index is 1.49. The first-order valence-electron chi connectivity index (χ1n) is 13.4. The van der Waals surface area contributed by atoms with Crippen LogP contribution in [0.1, 0.15) is 22.8 Å². The van der Waals surface area contributed by atoms with Gasteiger partial charge < -0.3 is 19.9 Å². The number of ether oxygens (including phenoxy) is 2. The van der Waals surface area contributed by atoms with Crippen molar-refractivity contribution in [1.82, 2.24) is 5.32 Å². The molecule has 0 aliphatic rings. The molecule has 7 nitrogen and oxygen atoms in total. The van der Waals surface area contributed by atoms with Crippen LogP contribution in [0.25, 0.3) is 0 Å². The molecule has 0 heterocycles. The number of amides is 1. The van der Waals surface area contributed by atoms with E-state index in [2.05, 4.69) is 11.9 Å². The molecule has 0 saturated heterocycles. The molecule has 0 spiro atoms. The van der Waals surface area contributed by atoms with Crippen LogP contribution in [-0.4, -0.2) is 42.7 Å². The van der Waals surface area contributed by atoms with Crippen LogP contribution < -0.4 is 5.32 Å². The molecule has 0 aliphatic carbocycles. The van der Waals surface area contributed by atoms with Crippen molar-refractivity contribution in [1.29, 1.82) is 0 Å². The van der Waals surface area contributed by atoms with Crippen molar-refractivity contribution in [2.45, 2.75) is 32.1 Å². The molecule has 0 radical (unpaired) electrons. The number of benzene rings is 4. The maximum atomic E-state index is 13.8. The molecule has 0 saturated carbocycles. The van der Waals surface area contributed by atoms with Gasteiger partial charge in [0, 0.05) is 30.7 Å². The number of hydrogen-bond acceptors (Lipinski definition) is 8. The highest BCUT2D eigenvalue weighted by Gasteiger charge is 2.40. The number of carbonyl (C=O) groups excluding carboxylic acids is 3. The lowest BCUT2D eigenvalue weighted by Gasteiger charge is -2.27. The van der Waals surface area contributed by atoms with Crippen LogP contribution >= 0.6 is 23.5 Å². The standard InChI is InChI=1S/C34H31NO6S2/c1-24(2)32(37)40-22-21-35-33(38)41-23-34(39,26-15-19-30(20-16-26)43-28-11-7-4-8-12-28)31(36)25-13-17-29(18-14-25)42-27-9-5-3-6-10-27/h3-20,39H,1,21-23H2,2H3,(H,35,38). The van der Waals surface area contributed by atoms with Gasteiger partial charge in [-0.1, -0.05) is 90.8 Å². The first kappa shape index (κ1) is 31.6. The minimum Gasteiger partial charge on any atom is -0.460 e. The summed E-state index contributed by atoms with van der Waals surface area (Å²) in [4.78, 5) is 41.7. The molecular formula is C34H31NO6S2. The summed E-state index contributed by atoms with van der Waals surface area (Å²) in [5, 5.41) is 14.2. The number of ketones is 1. The van der Waals surface area contributed by atoms with E-state index in [1.54, 1.807) is 59.9 Å². The third-order valence-corrected chi connectivity index (χ3v) is 8.18. The van der Waals surface area contributed by atoms with E-state index in [1.165, 1.54) is 6.92 Å². The Morgan fingerprint density at radius 2 is 1.23 bits per heavy atom. The van der Waals surface area contributed by atoms with Crippen LogP contribution in [0.15, 0.2) is 141 Å². The molecule has 0 bridgehead atoms. The number of nitrogens with one attached hydrogen (secondary N) is 1. The van der Waals surface area contributed by atoms with Gasteiger partial charge in [-0.2, -0.15) is 0 Å². The molecule has 0 aromatic heterocycles. The van der Waals surface area contributed by atoms with Gasteiger partial charge in [0.1, 0.15) is 13.2 Å². The summed E-state index contributed by atoms with van der Waals surface area (Å²) in [7, 11) is 0. The van der Waals surface area contributed by atoms with Crippen molar-refractivity contribution in [2.24, 2.45) is 0 Å². The topological polar surface area (TPSA) is 102 Å². The van der Waals surface area contributed by atoms with Gasteiger partial charge >= 0.3 is 12.1 Å². The third-order valence-electron chi connectivity index (χ3n) is 6.15. The third kappa shape index (κ3) is 9.09. The van der Waals surface area contributed by atoms with Crippen LogP contribution in [0.5, 0.6) is 0 Å². The fourth-order valence-corrected chi connectivity index (χ4v) is 5.56. The fourth-order valence-electron chi connectivity index (χ4n) is 3.88. The van der Waals surface area contributed by atoms with Crippen molar-refractivity contribution in [2.75, 3.05) is 19.8 Å². The molecule has 9 heteroatoms. The van der Waals surface area contributed by atoms with Gasteiger partial charge in [0.15, 0.2) is 5.60 Å². The summed E-state index contributed by atoms with van der Waals surface area (Å²) in [6, 6.07) is 33.5. The summed E-state index contributed by atoms with van der Waals surface area (Å²) in [6.45, 7) is 4.28. The lowest BCUT2D eigenvalue weighted by Crippen LogP contribution is -2.42. The van der Waals surface area contributed by atoms with E-state index in [9.17, 15) is 19.5 Å². The Hall–Kier alpha value is -4.31. The maximum absolute atomic E-state index is 13.8. The zero-order valence-corrected chi connectivity index (χ0v) is 25.2. The molecule has 1 atom stereocenters. The molecule has 43 heavy (non-hydrogen) atoms. The van der Waals surface area contributed by atoms with Crippen molar-refractivity contribution < 1.29 is 29.0 Å². The first-order valence-corrected chi connectivity index (χ1v) is 15.0. The van der Waals surface area contributed by atoms with Crippen molar-refractivity contribution in [3.63, 3.8) is 0 Å². The summed E-state index contributed by atoms with van der Waals surface area (Å²) >= 11 is 3.09. The SMILES string of the molecule is C=C(C)C(=O)OCCNC(=O)OCC(O)(C(=O)c1ccc(Sc2ccccc2)cc1)c1ccc(Sc2ccccc2)cc1. The maximum Gasteiger partial charge on any atom is 0.407 e. The van der Waals surface area contributed by atoms with Crippen LogP contribution in [0.2, 0.25) is 0 Å². The molecule has 2 N–H and O–H groups in total. The van der Waals surface area contributed by atoms with Crippen LogP contribution in [-0.2, 0) is 19.9 Å². The molecule has 4 rings (SSSR count). The second-order valence-corrected chi connectivity index (χ2v) is 11.8. The lowest BCUT2D eigenvalue weighted by atomic mass is 9.86. The minimum absolute atomic E-state index is 0.0177. The van der Waals surface area contributed by atoms with E-state index in [-0.39, 0.29) is 29.9 Å². The summed E-state index contributed by atoms with van der Waals surface area (Å²) < 4.78 is 10.2. The highest BCUT2D eigenvalue weighted by atomic mass is 32.2. The highest BCUT2D eigenvalue weighted by Crippen LogP contribution is 2.33. The van der Waals surface area contributed by atoms with E-state index in [0.717, 1.165) is 19.6 Å². The molecule has 1 unspecified atom stereocenters. The largest absolute Gasteiger partial charge is 0.460 e. The van der Waals surface area contributed by atoms with Crippen molar-refractivity contribution in [3.05, 3.63) is 132 Å². The number of Topliss-reactive ketones (excluding diaryl/α,β-unsaturated/α-hetero) is 1. The molecular weight excluding hydrogens is 583 g/mol. The number of esters is 1. The Labute approximate surface area is 259 Å². The zero-order valence-electron chi connectivity index (χ0n) is 23.5. The van der Waals surface area contributed by atoms with Gasteiger partial charge in [0.2, 0.25) is 5.78 Å². The quantitative estimate of drug-likeness (QED) is 0.0727.